The quantitative estimate of drug-likeness (QED) is 0.390. The third kappa shape index (κ3) is 3.45. The van der Waals surface area contributed by atoms with E-state index < -0.39 is 0 Å². The fourth-order valence-corrected chi connectivity index (χ4v) is 3.74. The van der Waals surface area contributed by atoms with Crippen molar-refractivity contribution in [3.8, 4) is 0 Å². The predicted octanol–water partition coefficient (Wildman–Crippen LogP) is 5.03. The molecule has 3 heteroatoms. The Morgan fingerprint density at radius 2 is 1.79 bits per heavy atom. The summed E-state index contributed by atoms with van der Waals surface area (Å²) in [5, 5.41) is 0. The lowest BCUT2D eigenvalue weighted by Gasteiger charge is -2.43. The van der Waals surface area contributed by atoms with Gasteiger partial charge in [-0.05, 0) is 57.8 Å². The lowest BCUT2D eigenvalue weighted by Crippen LogP contribution is -2.47. The van der Waals surface area contributed by atoms with Gasteiger partial charge in [0, 0.05) is 0 Å². The average Bonchev–Trinajstić information content (AvgIpc) is 2.94. The molecule has 2 rings (SSSR count). The van der Waals surface area contributed by atoms with Crippen molar-refractivity contribution in [2.75, 3.05) is 0 Å². The van der Waals surface area contributed by atoms with Gasteiger partial charge in [-0.2, -0.15) is 0 Å². The van der Waals surface area contributed by atoms with Gasteiger partial charge in [-0.15, -0.1) is 0 Å². The van der Waals surface area contributed by atoms with Gasteiger partial charge in [-0.1, -0.05) is 48.8 Å². The van der Waals surface area contributed by atoms with E-state index in [9.17, 15) is 4.79 Å². The molecule has 110 valence electrons. The summed E-state index contributed by atoms with van der Waals surface area (Å²) in [6.07, 6.45) is 12.0. The van der Waals surface area contributed by atoms with Crippen molar-refractivity contribution >= 4 is 28.6 Å². The van der Waals surface area contributed by atoms with Crippen molar-refractivity contribution in [3.05, 3.63) is 0 Å². The number of carbonyl (C=O) groups excluding carboxylic acids is 1. The van der Waals surface area contributed by atoms with E-state index in [1.54, 1.807) is 0 Å². The highest BCUT2D eigenvalue weighted by atomic mass is 127. The standard InChI is InChI=1S/C16H27IO2/c1-3-15(2,17)14(18)19-16(11-7-4-8-12-16)13-9-5-6-10-13/h13H,3-12H2,1-2H3. The highest BCUT2D eigenvalue weighted by Crippen LogP contribution is 2.46. The SMILES string of the molecule is CCC(C)(I)C(=O)OC1(C2CCCC2)CCCCC1. The molecule has 0 aliphatic heterocycles. The first-order valence-electron chi connectivity index (χ1n) is 7.92. The summed E-state index contributed by atoms with van der Waals surface area (Å²) in [7, 11) is 0. The first kappa shape index (κ1) is 15.6. The molecule has 2 fully saturated rings. The molecule has 19 heavy (non-hydrogen) atoms. The number of halogens is 1. The zero-order valence-electron chi connectivity index (χ0n) is 12.3. The van der Waals surface area contributed by atoms with Crippen molar-refractivity contribution in [1.29, 1.82) is 0 Å². The first-order valence-corrected chi connectivity index (χ1v) is 9.00. The van der Waals surface area contributed by atoms with E-state index in [1.807, 2.05) is 6.92 Å². The van der Waals surface area contributed by atoms with Crippen LogP contribution in [0.4, 0.5) is 0 Å². The van der Waals surface area contributed by atoms with Gasteiger partial charge in [-0.25, -0.2) is 0 Å². The van der Waals surface area contributed by atoms with Crippen LogP contribution in [-0.4, -0.2) is 15.0 Å². The molecule has 0 radical (unpaired) electrons. The Morgan fingerprint density at radius 3 is 2.32 bits per heavy atom. The number of hydrogen-bond donors (Lipinski definition) is 0. The second-order valence-electron chi connectivity index (χ2n) is 6.55. The van der Waals surface area contributed by atoms with E-state index >= 15 is 0 Å². The highest BCUT2D eigenvalue weighted by Gasteiger charge is 2.46. The van der Waals surface area contributed by atoms with Crippen molar-refractivity contribution in [2.24, 2.45) is 5.92 Å². The summed E-state index contributed by atoms with van der Waals surface area (Å²) in [4.78, 5) is 12.5. The Labute approximate surface area is 131 Å². The van der Waals surface area contributed by atoms with Crippen LogP contribution in [0.5, 0.6) is 0 Å². The van der Waals surface area contributed by atoms with Crippen LogP contribution in [0, 0.1) is 5.92 Å². The fraction of sp³-hybridized carbons (Fsp3) is 0.938. The monoisotopic (exact) mass is 378 g/mol. The van der Waals surface area contributed by atoms with Gasteiger partial charge < -0.3 is 4.74 Å². The molecule has 2 aliphatic carbocycles. The van der Waals surface area contributed by atoms with Crippen molar-refractivity contribution < 1.29 is 9.53 Å². The zero-order chi connectivity index (χ0) is 13.9. The van der Waals surface area contributed by atoms with Gasteiger partial charge in [0.05, 0.1) is 0 Å². The third-order valence-electron chi connectivity index (χ3n) is 5.18. The molecular formula is C16H27IO2. The molecule has 2 nitrogen and oxygen atoms in total. The molecule has 1 unspecified atom stereocenters. The number of hydrogen-bond acceptors (Lipinski definition) is 2. The maximum atomic E-state index is 12.5. The van der Waals surface area contributed by atoms with E-state index in [4.69, 9.17) is 4.74 Å². The normalized spacial score (nSPS) is 26.9. The van der Waals surface area contributed by atoms with E-state index in [0.29, 0.717) is 5.92 Å². The largest absolute Gasteiger partial charge is 0.458 e. The molecule has 0 aromatic carbocycles. The molecule has 2 saturated carbocycles. The molecule has 0 bridgehead atoms. The highest BCUT2D eigenvalue weighted by molar-refractivity contribution is 14.1. The van der Waals surface area contributed by atoms with Crippen molar-refractivity contribution in [2.45, 2.75) is 87.1 Å². The van der Waals surface area contributed by atoms with Crippen LogP contribution in [0.15, 0.2) is 0 Å². The second-order valence-corrected chi connectivity index (χ2v) is 8.93. The minimum atomic E-state index is -0.360. The van der Waals surface area contributed by atoms with E-state index in [1.165, 1.54) is 44.9 Å². The third-order valence-corrected chi connectivity index (χ3v) is 6.39. The lowest BCUT2D eigenvalue weighted by atomic mass is 9.74. The Kier molecular flexibility index (Phi) is 5.18. The van der Waals surface area contributed by atoms with Gasteiger partial charge in [0.1, 0.15) is 9.02 Å². The van der Waals surface area contributed by atoms with Crippen molar-refractivity contribution in [1.82, 2.24) is 0 Å². The second kappa shape index (κ2) is 6.31. The molecule has 0 spiro atoms. The lowest BCUT2D eigenvalue weighted by molar-refractivity contribution is -0.173. The molecule has 2 aliphatic rings. The molecule has 0 heterocycles. The summed E-state index contributed by atoms with van der Waals surface area (Å²) < 4.78 is 5.81. The average molecular weight is 378 g/mol. The summed E-state index contributed by atoms with van der Waals surface area (Å²) in [5.74, 6) is 0.644. The molecule has 0 amide bonds. The number of alkyl halides is 1. The van der Waals surface area contributed by atoms with Gasteiger partial charge in [0.15, 0.2) is 0 Å². The number of esters is 1. The van der Waals surface area contributed by atoms with E-state index in [2.05, 4.69) is 29.5 Å². The summed E-state index contributed by atoms with van der Waals surface area (Å²) in [6, 6.07) is 0. The first-order chi connectivity index (χ1) is 9.00. The molecule has 0 aromatic heterocycles. The van der Waals surface area contributed by atoms with E-state index in [0.717, 1.165) is 19.3 Å². The van der Waals surface area contributed by atoms with Crippen molar-refractivity contribution in [3.63, 3.8) is 0 Å². The molecule has 0 aromatic rings. The fourth-order valence-electron chi connectivity index (χ4n) is 3.63. The Balaban J connectivity index is 2.11. The summed E-state index contributed by atoms with van der Waals surface area (Å²) in [6.45, 7) is 4.07. The van der Waals surface area contributed by atoms with Crippen LogP contribution < -0.4 is 0 Å². The van der Waals surface area contributed by atoms with Crippen LogP contribution in [-0.2, 0) is 9.53 Å². The molecular weight excluding hydrogens is 351 g/mol. The molecule has 1 atom stereocenters. The van der Waals surface area contributed by atoms with Crippen LogP contribution in [0.1, 0.15) is 78.1 Å². The number of carbonyl (C=O) groups is 1. The maximum absolute atomic E-state index is 12.5. The minimum absolute atomic E-state index is 0.0180. The Bertz CT molecular complexity index is 313. The maximum Gasteiger partial charge on any atom is 0.322 e. The summed E-state index contributed by atoms with van der Waals surface area (Å²) >= 11 is 2.26. The zero-order valence-corrected chi connectivity index (χ0v) is 14.5. The van der Waals surface area contributed by atoms with Gasteiger partial charge in [-0.3, -0.25) is 4.79 Å². The molecule has 0 N–H and O–H groups in total. The minimum Gasteiger partial charge on any atom is -0.458 e. The topological polar surface area (TPSA) is 26.3 Å². The Hall–Kier alpha value is 0.200. The number of rotatable bonds is 4. The smallest absolute Gasteiger partial charge is 0.322 e. The Morgan fingerprint density at radius 1 is 1.21 bits per heavy atom. The van der Waals surface area contributed by atoms with Gasteiger partial charge in [0.25, 0.3) is 0 Å². The van der Waals surface area contributed by atoms with E-state index in [-0.39, 0.29) is 15.0 Å². The van der Waals surface area contributed by atoms with Gasteiger partial charge in [0.2, 0.25) is 0 Å². The van der Waals surface area contributed by atoms with Crippen LogP contribution in [0.25, 0.3) is 0 Å². The summed E-state index contributed by atoms with van der Waals surface area (Å²) in [5.41, 5.74) is -0.118. The number of ether oxygens (including phenoxy) is 1. The predicted molar refractivity (Wildman–Crippen MR) is 86.6 cm³/mol. The van der Waals surface area contributed by atoms with Gasteiger partial charge >= 0.3 is 5.97 Å². The molecule has 0 saturated heterocycles. The van der Waals surface area contributed by atoms with Crippen LogP contribution in [0.2, 0.25) is 0 Å². The van der Waals surface area contributed by atoms with Crippen LogP contribution >= 0.6 is 22.6 Å². The van der Waals surface area contributed by atoms with Crippen LogP contribution in [0.3, 0.4) is 0 Å².